The topological polar surface area (TPSA) is 57.4 Å². The van der Waals surface area contributed by atoms with Gasteiger partial charge in [0.2, 0.25) is 0 Å². The summed E-state index contributed by atoms with van der Waals surface area (Å²) in [6, 6.07) is 53.3. The second kappa shape index (κ2) is 15.9. The molecule has 0 spiro atoms. The molecule has 65 heavy (non-hydrogen) atoms. The van der Waals surface area contributed by atoms with Crippen molar-refractivity contribution in [2.24, 2.45) is 0 Å². The third kappa shape index (κ3) is 6.48. The molecule has 0 radical (unpaired) electrons. The molecule has 0 bridgehead atoms. The van der Waals surface area contributed by atoms with E-state index in [0.29, 0.717) is 11.4 Å². The SMILES string of the molecule is Cc1cccc(C)c1C1=C2C=CC=C3N2B(c2cc(-c4ccccn4)ccc2N3c2ccccc2)c2nc(-c3ccccc3O)n(-c3c(C(C)C)cc(-c4ccccc4)cc3C(C)C)c21. The van der Waals surface area contributed by atoms with Crippen molar-refractivity contribution in [3.8, 4) is 45.2 Å². The van der Waals surface area contributed by atoms with Crippen LogP contribution < -0.4 is 16.0 Å². The Morgan fingerprint density at radius 3 is 2.00 bits per heavy atom. The summed E-state index contributed by atoms with van der Waals surface area (Å²) in [7, 11) is 0. The predicted molar refractivity (Wildman–Crippen MR) is 269 cm³/mol. The summed E-state index contributed by atoms with van der Waals surface area (Å²) in [5.74, 6) is 2.24. The number of anilines is 2. The highest BCUT2D eigenvalue weighted by molar-refractivity contribution is 6.86. The quantitative estimate of drug-likeness (QED) is 0.154. The number of phenols is 1. The van der Waals surface area contributed by atoms with Gasteiger partial charge in [0, 0.05) is 28.8 Å². The molecule has 3 aliphatic heterocycles. The van der Waals surface area contributed by atoms with Crippen LogP contribution in [0.5, 0.6) is 5.75 Å². The van der Waals surface area contributed by atoms with Gasteiger partial charge in [0.05, 0.1) is 28.2 Å². The monoisotopic (exact) mass is 843 g/mol. The number of hydrogen-bond donors (Lipinski definition) is 1. The van der Waals surface area contributed by atoms with E-state index in [1.54, 1.807) is 6.07 Å². The van der Waals surface area contributed by atoms with Crippen molar-refractivity contribution < 1.29 is 5.11 Å². The first-order valence-corrected chi connectivity index (χ1v) is 22.7. The lowest BCUT2D eigenvalue weighted by molar-refractivity contribution is 0.477. The molecule has 7 heteroatoms. The maximum Gasteiger partial charge on any atom is 0.354 e. The summed E-state index contributed by atoms with van der Waals surface area (Å²) in [6.07, 6.45) is 8.60. The Morgan fingerprint density at radius 1 is 0.646 bits per heavy atom. The molecule has 6 nitrogen and oxygen atoms in total. The molecule has 5 heterocycles. The third-order valence-corrected chi connectivity index (χ3v) is 13.3. The maximum absolute atomic E-state index is 12.0. The lowest BCUT2D eigenvalue weighted by Gasteiger charge is -2.49. The fourth-order valence-electron chi connectivity index (χ4n) is 10.3. The Bertz CT molecular complexity index is 3210. The minimum Gasteiger partial charge on any atom is -0.507 e. The summed E-state index contributed by atoms with van der Waals surface area (Å²) in [5, 5.41) is 12.0. The minimum atomic E-state index is -0.345. The summed E-state index contributed by atoms with van der Waals surface area (Å²) < 4.78 is 2.44. The zero-order chi connectivity index (χ0) is 44.5. The fourth-order valence-corrected chi connectivity index (χ4v) is 10.3. The van der Waals surface area contributed by atoms with Crippen molar-refractivity contribution >= 4 is 34.9 Å². The first kappa shape index (κ1) is 40.2. The number of phenolic OH excluding ortho intramolecular Hbond substituents is 1. The Morgan fingerprint density at radius 2 is 1.32 bits per heavy atom. The molecule has 0 saturated carbocycles. The van der Waals surface area contributed by atoms with Crippen molar-refractivity contribution in [1.82, 2.24) is 19.3 Å². The highest BCUT2D eigenvalue weighted by atomic mass is 16.3. The minimum absolute atomic E-state index is 0.151. The van der Waals surface area contributed by atoms with E-state index in [-0.39, 0.29) is 24.4 Å². The van der Waals surface area contributed by atoms with Crippen molar-refractivity contribution in [2.75, 3.05) is 4.90 Å². The van der Waals surface area contributed by atoms with Crippen molar-refractivity contribution in [1.29, 1.82) is 0 Å². The molecular weight excluding hydrogens is 793 g/mol. The Kier molecular flexibility index (Phi) is 9.80. The molecule has 0 atom stereocenters. The number of para-hydroxylation sites is 2. The van der Waals surface area contributed by atoms with Gasteiger partial charge in [-0.25, -0.2) is 4.98 Å². The van der Waals surface area contributed by atoms with Gasteiger partial charge < -0.3 is 9.92 Å². The molecule has 2 aromatic heterocycles. The Labute approximate surface area is 382 Å². The Balaban J connectivity index is 1.33. The molecule has 3 aliphatic rings. The van der Waals surface area contributed by atoms with E-state index in [2.05, 4.69) is 189 Å². The van der Waals surface area contributed by atoms with E-state index in [9.17, 15) is 5.11 Å². The highest BCUT2D eigenvalue weighted by Crippen LogP contribution is 2.49. The highest BCUT2D eigenvalue weighted by Gasteiger charge is 2.50. The van der Waals surface area contributed by atoms with Crippen LogP contribution in [0.2, 0.25) is 0 Å². The van der Waals surface area contributed by atoms with Crippen LogP contribution >= 0.6 is 0 Å². The number of aryl methyl sites for hydroxylation is 2. The molecule has 316 valence electrons. The van der Waals surface area contributed by atoms with Crippen LogP contribution in [0.4, 0.5) is 11.4 Å². The van der Waals surface area contributed by atoms with Crippen LogP contribution in [-0.2, 0) is 0 Å². The van der Waals surface area contributed by atoms with Crippen LogP contribution in [0.3, 0.4) is 0 Å². The maximum atomic E-state index is 12.0. The number of fused-ring (bicyclic) bond motifs is 4. The van der Waals surface area contributed by atoms with Gasteiger partial charge in [-0.2, -0.15) is 0 Å². The largest absolute Gasteiger partial charge is 0.507 e. The molecule has 8 aromatic rings. The molecule has 11 rings (SSSR count). The van der Waals surface area contributed by atoms with Gasteiger partial charge in [-0.05, 0) is 142 Å². The van der Waals surface area contributed by atoms with E-state index in [0.717, 1.165) is 62.2 Å². The van der Waals surface area contributed by atoms with Gasteiger partial charge in [0.25, 0.3) is 0 Å². The predicted octanol–water partition coefficient (Wildman–Crippen LogP) is 12.6. The number of aromatic nitrogens is 3. The van der Waals surface area contributed by atoms with Gasteiger partial charge in [-0.1, -0.05) is 131 Å². The molecule has 0 aliphatic carbocycles. The van der Waals surface area contributed by atoms with E-state index >= 15 is 0 Å². The zero-order valence-electron chi connectivity index (χ0n) is 37.7. The van der Waals surface area contributed by atoms with Gasteiger partial charge in [0.1, 0.15) is 17.4 Å². The number of benzene rings is 6. The van der Waals surface area contributed by atoms with Crippen LogP contribution in [0.25, 0.3) is 45.0 Å². The Hall–Kier alpha value is -7.64. The average Bonchev–Trinajstić information content (AvgIpc) is 3.72. The fraction of sp³-hybridized carbons (Fsp3) is 0.138. The molecule has 6 aromatic carbocycles. The lowest BCUT2D eigenvalue weighted by atomic mass is 9.46. The first-order valence-electron chi connectivity index (χ1n) is 22.7. The number of allylic oxidation sites excluding steroid dienone is 3. The first-order chi connectivity index (χ1) is 31.7. The number of aromatic hydroxyl groups is 1. The van der Waals surface area contributed by atoms with Crippen molar-refractivity contribution in [3.63, 3.8) is 0 Å². The van der Waals surface area contributed by atoms with Crippen molar-refractivity contribution in [3.05, 3.63) is 221 Å². The second-order valence-electron chi connectivity index (χ2n) is 18.0. The lowest BCUT2D eigenvalue weighted by Crippen LogP contribution is -2.64. The molecular formula is C58H50BN5O. The molecule has 1 N–H and O–H groups in total. The molecule has 0 saturated heterocycles. The number of imidazole rings is 1. The van der Waals surface area contributed by atoms with Crippen LogP contribution in [0.1, 0.15) is 73.0 Å². The molecule has 0 unspecified atom stereocenters. The van der Waals surface area contributed by atoms with Crippen LogP contribution in [-0.4, -0.2) is 31.3 Å². The van der Waals surface area contributed by atoms with E-state index < -0.39 is 0 Å². The average molecular weight is 844 g/mol. The standard InChI is InChI=1S/C58H50BN5O/c1-36(2)45-33-42(40-21-9-7-10-22-40)34-46(37(3)4)55(45)63-56-54(53-38(5)19-17-20-39(53)6)50-27-18-29-52-62(43-23-11-8-12-24-43)49-31-30-41(48-26-15-16-32-60-48)35-47(49)59(64(50)52)57(56)61-58(63)44-25-13-14-28-51(44)65/h7-37,65H,1-6H3. The van der Waals surface area contributed by atoms with Gasteiger partial charge in [0.15, 0.2) is 0 Å². The third-order valence-electron chi connectivity index (χ3n) is 13.3. The molecule has 0 amide bonds. The van der Waals surface area contributed by atoms with Gasteiger partial charge in [-0.15, -0.1) is 0 Å². The zero-order valence-corrected chi connectivity index (χ0v) is 37.7. The van der Waals surface area contributed by atoms with E-state index in [1.807, 2.05) is 36.5 Å². The molecule has 0 fully saturated rings. The van der Waals surface area contributed by atoms with Crippen LogP contribution in [0, 0.1) is 13.8 Å². The van der Waals surface area contributed by atoms with E-state index in [1.165, 1.54) is 38.9 Å². The van der Waals surface area contributed by atoms with E-state index in [4.69, 9.17) is 9.97 Å². The van der Waals surface area contributed by atoms with Gasteiger partial charge >= 0.3 is 6.85 Å². The summed E-state index contributed by atoms with van der Waals surface area (Å²) in [6.45, 7) is 13.3. The number of rotatable bonds is 8. The number of nitrogens with zero attached hydrogens (tertiary/aromatic N) is 5. The summed E-state index contributed by atoms with van der Waals surface area (Å²) in [5.41, 5.74) is 19.5. The van der Waals surface area contributed by atoms with Crippen LogP contribution in [0.15, 0.2) is 188 Å². The second-order valence-corrected chi connectivity index (χ2v) is 18.0. The van der Waals surface area contributed by atoms with Gasteiger partial charge in [-0.3, -0.25) is 14.5 Å². The summed E-state index contributed by atoms with van der Waals surface area (Å²) in [4.78, 5) is 15.7. The normalized spacial score (nSPS) is 13.9. The van der Waals surface area contributed by atoms with Crippen molar-refractivity contribution in [2.45, 2.75) is 53.4 Å². The number of hydrogen-bond acceptors (Lipinski definition) is 5. The smallest absolute Gasteiger partial charge is 0.354 e. The summed E-state index contributed by atoms with van der Waals surface area (Å²) >= 11 is 0. The number of pyridine rings is 1.